The van der Waals surface area contributed by atoms with E-state index < -0.39 is 0 Å². The Morgan fingerprint density at radius 2 is 1.54 bits per heavy atom. The Hall–Kier alpha value is -0.720. The minimum absolute atomic E-state index is 0.286. The van der Waals surface area contributed by atoms with E-state index in [4.69, 9.17) is 0 Å². The molecule has 0 amide bonds. The summed E-state index contributed by atoms with van der Waals surface area (Å²) in [5, 5.41) is 3.57. The van der Waals surface area contributed by atoms with Gasteiger partial charge in [-0.3, -0.25) is 0 Å². The maximum atomic E-state index is 4.64. The van der Waals surface area contributed by atoms with E-state index >= 15 is 0 Å². The molecule has 0 aromatic rings. The van der Waals surface area contributed by atoms with Crippen molar-refractivity contribution in [2.24, 2.45) is 62.6 Å². The van der Waals surface area contributed by atoms with E-state index in [9.17, 15) is 0 Å². The SMILES string of the molecule is C=C(C)[C@@H]1CC[C@]2(C(=C)NC)CC[C@]3(C)C(CC[C@@H]4[C@@]5(C)CC[C@H](C)[C@@](C)(CC)[C@@H]5CC[C@]43C)[C@@H]12. The third-order valence-corrected chi connectivity index (χ3v) is 15.0. The van der Waals surface area contributed by atoms with Crippen LogP contribution in [-0.2, 0) is 0 Å². The van der Waals surface area contributed by atoms with Gasteiger partial charge in [0.15, 0.2) is 0 Å². The van der Waals surface area contributed by atoms with E-state index in [-0.39, 0.29) is 5.41 Å². The number of fused-ring (bicyclic) bond motifs is 7. The summed E-state index contributed by atoms with van der Waals surface area (Å²) in [5.41, 5.74) is 5.00. The van der Waals surface area contributed by atoms with Gasteiger partial charge in [0, 0.05) is 18.2 Å². The van der Waals surface area contributed by atoms with Gasteiger partial charge >= 0.3 is 0 Å². The van der Waals surface area contributed by atoms with Crippen molar-refractivity contribution in [3.8, 4) is 0 Å². The van der Waals surface area contributed by atoms with Gasteiger partial charge in [-0.2, -0.15) is 0 Å². The second-order valence-corrected chi connectivity index (χ2v) is 15.4. The van der Waals surface area contributed by atoms with Crippen LogP contribution in [-0.4, -0.2) is 7.05 Å². The number of nitrogens with one attached hydrogen (secondary N) is 1. The molecule has 0 radical (unpaired) electrons. The summed E-state index contributed by atoms with van der Waals surface area (Å²) in [4.78, 5) is 0. The molecule has 35 heavy (non-hydrogen) atoms. The van der Waals surface area contributed by atoms with Crippen molar-refractivity contribution in [1.82, 2.24) is 5.32 Å². The maximum absolute atomic E-state index is 4.64. The van der Waals surface area contributed by atoms with Gasteiger partial charge in [-0.05, 0) is 128 Å². The fraction of sp³-hybridized carbons (Fsp3) is 0.882. The zero-order valence-corrected chi connectivity index (χ0v) is 24.7. The molecule has 0 saturated heterocycles. The molecule has 5 aliphatic rings. The normalized spacial score (nSPS) is 55.2. The molecule has 198 valence electrons. The summed E-state index contributed by atoms with van der Waals surface area (Å²) in [6, 6.07) is 0. The summed E-state index contributed by atoms with van der Waals surface area (Å²) >= 11 is 0. The molecule has 5 saturated carbocycles. The lowest BCUT2D eigenvalue weighted by Crippen LogP contribution is -2.66. The van der Waals surface area contributed by atoms with Gasteiger partial charge < -0.3 is 5.32 Å². The van der Waals surface area contributed by atoms with Gasteiger partial charge in [0.2, 0.25) is 0 Å². The van der Waals surface area contributed by atoms with Crippen molar-refractivity contribution >= 4 is 0 Å². The van der Waals surface area contributed by atoms with Crippen LogP contribution >= 0.6 is 0 Å². The predicted octanol–water partition coefficient (Wildman–Crippen LogP) is 9.40. The third-order valence-electron chi connectivity index (χ3n) is 15.0. The highest BCUT2D eigenvalue weighted by Crippen LogP contribution is 2.78. The Kier molecular flexibility index (Phi) is 6.02. The Bertz CT molecular complexity index is 887. The first-order chi connectivity index (χ1) is 16.4. The van der Waals surface area contributed by atoms with E-state index in [0.717, 1.165) is 29.6 Å². The number of hydrogen-bond donors (Lipinski definition) is 1. The zero-order chi connectivity index (χ0) is 25.6. The Balaban J connectivity index is 1.56. The van der Waals surface area contributed by atoms with Crippen LogP contribution in [0.4, 0.5) is 0 Å². The van der Waals surface area contributed by atoms with Gasteiger partial charge in [0.05, 0.1) is 0 Å². The minimum Gasteiger partial charge on any atom is -0.391 e. The maximum Gasteiger partial charge on any atom is 0.0132 e. The van der Waals surface area contributed by atoms with E-state index in [1.165, 1.54) is 81.9 Å². The average molecular weight is 480 g/mol. The molecule has 5 rings (SSSR count). The van der Waals surface area contributed by atoms with Crippen molar-refractivity contribution in [3.05, 3.63) is 24.4 Å². The van der Waals surface area contributed by atoms with Gasteiger partial charge in [-0.1, -0.05) is 66.7 Å². The van der Waals surface area contributed by atoms with Crippen LogP contribution in [0.1, 0.15) is 119 Å². The van der Waals surface area contributed by atoms with Gasteiger partial charge in [0.25, 0.3) is 0 Å². The van der Waals surface area contributed by atoms with Crippen LogP contribution in [0.25, 0.3) is 0 Å². The molecule has 1 unspecified atom stereocenters. The van der Waals surface area contributed by atoms with Gasteiger partial charge in [-0.25, -0.2) is 0 Å². The largest absolute Gasteiger partial charge is 0.391 e. The predicted molar refractivity (Wildman–Crippen MR) is 151 cm³/mol. The number of hydrogen-bond acceptors (Lipinski definition) is 1. The molecule has 1 N–H and O–H groups in total. The van der Waals surface area contributed by atoms with Crippen molar-refractivity contribution < 1.29 is 0 Å². The summed E-state index contributed by atoms with van der Waals surface area (Å²) in [6.07, 6.45) is 15.4. The number of allylic oxidation sites excluding steroid dienone is 2. The summed E-state index contributed by atoms with van der Waals surface area (Å²) in [6.45, 7) is 27.6. The van der Waals surface area contributed by atoms with Crippen LogP contribution in [0.15, 0.2) is 24.4 Å². The molecule has 0 aromatic heterocycles. The molecule has 0 aliphatic heterocycles. The summed E-state index contributed by atoms with van der Waals surface area (Å²) < 4.78 is 0. The van der Waals surface area contributed by atoms with Crippen LogP contribution in [0.3, 0.4) is 0 Å². The van der Waals surface area contributed by atoms with E-state index in [2.05, 4.69) is 74.0 Å². The molecule has 0 bridgehead atoms. The molecule has 1 heteroatoms. The summed E-state index contributed by atoms with van der Waals surface area (Å²) in [5.74, 6) is 4.89. The molecule has 5 aliphatic carbocycles. The highest BCUT2D eigenvalue weighted by molar-refractivity contribution is 5.27. The molecule has 0 spiro atoms. The lowest BCUT2D eigenvalue weighted by Gasteiger charge is -2.73. The van der Waals surface area contributed by atoms with Crippen LogP contribution < -0.4 is 5.32 Å². The van der Waals surface area contributed by atoms with E-state index in [1.54, 1.807) is 0 Å². The standard InChI is InChI=1S/C34H57N/c1-11-30(6)23(4)14-17-31(7)27(30)16-18-33(9)28(31)13-12-26-29-25(22(2)3)15-19-34(29,24(5)35-10)21-20-32(26,33)8/h23,25-29,35H,2,5,11-21H2,1,3-4,6-10H3/t23-,25-,26?,27-,28+,29+,30+,31-,32+,33+,34+/m0/s1. The minimum atomic E-state index is 0.286. The number of rotatable bonds is 4. The van der Waals surface area contributed by atoms with Crippen molar-refractivity contribution in [1.29, 1.82) is 0 Å². The molecule has 11 atom stereocenters. The van der Waals surface area contributed by atoms with Crippen molar-refractivity contribution in [2.75, 3.05) is 7.05 Å². The topological polar surface area (TPSA) is 12.0 Å². The fourth-order valence-corrected chi connectivity index (χ4v) is 12.5. The molecular formula is C34H57N. The Morgan fingerprint density at radius 3 is 2.17 bits per heavy atom. The van der Waals surface area contributed by atoms with Crippen LogP contribution in [0.5, 0.6) is 0 Å². The third kappa shape index (κ3) is 3.05. The van der Waals surface area contributed by atoms with Crippen LogP contribution in [0, 0.1) is 62.6 Å². The smallest absolute Gasteiger partial charge is 0.0132 e. The highest BCUT2D eigenvalue weighted by Gasteiger charge is 2.71. The molecule has 5 fully saturated rings. The first-order valence-electron chi connectivity index (χ1n) is 15.4. The average Bonchev–Trinajstić information content (AvgIpc) is 3.23. The lowest BCUT2D eigenvalue weighted by molar-refractivity contribution is -0.241. The molecule has 0 heterocycles. The van der Waals surface area contributed by atoms with E-state index in [1.807, 2.05) is 0 Å². The highest BCUT2D eigenvalue weighted by atomic mass is 14.9. The first kappa shape index (κ1) is 25.9. The molecule has 0 aromatic carbocycles. The Morgan fingerprint density at radius 1 is 0.829 bits per heavy atom. The van der Waals surface area contributed by atoms with Crippen molar-refractivity contribution in [3.63, 3.8) is 0 Å². The van der Waals surface area contributed by atoms with Gasteiger partial charge in [-0.15, -0.1) is 0 Å². The molecular weight excluding hydrogens is 422 g/mol. The monoisotopic (exact) mass is 479 g/mol. The summed E-state index contributed by atoms with van der Waals surface area (Å²) in [7, 11) is 2.12. The quantitative estimate of drug-likeness (QED) is 0.396. The van der Waals surface area contributed by atoms with E-state index in [0.29, 0.717) is 27.6 Å². The molecule has 1 nitrogen and oxygen atoms in total. The second kappa shape index (κ2) is 8.14. The lowest BCUT2D eigenvalue weighted by atomic mass is 9.31. The Labute approximate surface area is 218 Å². The second-order valence-electron chi connectivity index (χ2n) is 15.4. The zero-order valence-electron chi connectivity index (χ0n) is 24.7. The van der Waals surface area contributed by atoms with Gasteiger partial charge in [0.1, 0.15) is 0 Å². The van der Waals surface area contributed by atoms with Crippen LogP contribution in [0.2, 0.25) is 0 Å². The van der Waals surface area contributed by atoms with Crippen molar-refractivity contribution in [2.45, 2.75) is 119 Å². The first-order valence-corrected chi connectivity index (χ1v) is 15.4. The fourth-order valence-electron chi connectivity index (χ4n) is 12.5.